The second kappa shape index (κ2) is 10.3. The van der Waals surface area contributed by atoms with Crippen LogP contribution in [0.1, 0.15) is 29.8 Å². The largest absolute Gasteiger partial charge is 0.383 e. The predicted octanol–water partition coefficient (Wildman–Crippen LogP) is 4.08. The molecule has 0 radical (unpaired) electrons. The molecule has 0 N–H and O–H groups in total. The molecule has 1 heterocycles. The molecule has 3 aromatic rings. The molecule has 1 amide bonds. The monoisotopic (exact) mass is 495 g/mol. The van der Waals surface area contributed by atoms with Crippen LogP contribution in [0.2, 0.25) is 5.02 Å². The van der Waals surface area contributed by atoms with Crippen LogP contribution in [0, 0.1) is 6.92 Å². The van der Waals surface area contributed by atoms with Gasteiger partial charge in [0.25, 0.3) is 5.91 Å². The van der Waals surface area contributed by atoms with Gasteiger partial charge in [-0.05, 0) is 48.9 Å². The molecule has 0 unspecified atom stereocenters. The first-order valence-corrected chi connectivity index (χ1v) is 12.8. The first-order chi connectivity index (χ1) is 15.2. The molecular formula is C22H26ClN3O4S2. The molecular weight excluding hydrogens is 470 g/mol. The summed E-state index contributed by atoms with van der Waals surface area (Å²) in [6.45, 7) is 7.24. The number of aryl methyl sites for hydroxylation is 1. The van der Waals surface area contributed by atoms with Crippen LogP contribution >= 0.6 is 22.9 Å². The van der Waals surface area contributed by atoms with Crippen molar-refractivity contribution in [2.24, 2.45) is 4.99 Å². The molecule has 0 saturated heterocycles. The summed E-state index contributed by atoms with van der Waals surface area (Å²) >= 11 is 7.71. The minimum Gasteiger partial charge on any atom is -0.383 e. The average Bonchev–Trinajstić information content (AvgIpc) is 3.13. The number of amides is 1. The average molecular weight is 496 g/mol. The molecule has 0 aliphatic carbocycles. The number of rotatable bonds is 8. The number of benzene rings is 2. The van der Waals surface area contributed by atoms with Gasteiger partial charge in [-0.15, -0.1) is 0 Å². The maximum absolute atomic E-state index is 12.9. The summed E-state index contributed by atoms with van der Waals surface area (Å²) in [5.41, 5.74) is 2.15. The number of carbonyl (C=O) groups excluding carboxylic acids is 1. The number of halogens is 1. The topological polar surface area (TPSA) is 81.0 Å². The first-order valence-electron chi connectivity index (χ1n) is 10.2. The van der Waals surface area contributed by atoms with Crippen LogP contribution < -0.4 is 4.80 Å². The molecule has 0 atom stereocenters. The number of hydrogen-bond acceptors (Lipinski definition) is 5. The number of sulfonamides is 1. The van der Waals surface area contributed by atoms with Gasteiger partial charge in [0.15, 0.2) is 4.80 Å². The van der Waals surface area contributed by atoms with Crippen molar-refractivity contribution in [1.82, 2.24) is 8.87 Å². The number of aromatic nitrogens is 1. The Labute approximate surface area is 197 Å². The van der Waals surface area contributed by atoms with Crippen molar-refractivity contribution in [2.45, 2.75) is 32.2 Å². The lowest BCUT2D eigenvalue weighted by molar-refractivity contribution is 0.0997. The number of methoxy groups -OCH3 is 1. The summed E-state index contributed by atoms with van der Waals surface area (Å²) in [5, 5.41) is 0.643. The molecule has 10 heteroatoms. The maximum Gasteiger partial charge on any atom is 0.279 e. The molecule has 0 fully saturated rings. The standard InChI is InChI=1S/C22H26ClN3O4S2/c1-5-25(6-2)32(28,29)17-9-7-16(8-10-17)21(27)24-22-26(13-14-30-4)20-15(3)18(23)11-12-19(20)31-22/h7-12H,5-6,13-14H2,1-4H3. The fourth-order valence-corrected chi connectivity index (χ4v) is 6.15. The summed E-state index contributed by atoms with van der Waals surface area (Å²) in [6.07, 6.45) is 0. The highest BCUT2D eigenvalue weighted by molar-refractivity contribution is 7.89. The van der Waals surface area contributed by atoms with Crippen LogP contribution in [0.5, 0.6) is 0 Å². The smallest absolute Gasteiger partial charge is 0.279 e. The third kappa shape index (κ3) is 4.82. The number of hydrogen-bond donors (Lipinski definition) is 0. The van der Waals surface area contributed by atoms with E-state index < -0.39 is 15.9 Å². The van der Waals surface area contributed by atoms with Gasteiger partial charge in [0, 0.05) is 37.3 Å². The van der Waals surface area contributed by atoms with Crippen molar-refractivity contribution in [3.8, 4) is 0 Å². The van der Waals surface area contributed by atoms with Crippen molar-refractivity contribution in [3.05, 3.63) is 57.3 Å². The Morgan fingerprint density at radius 3 is 2.41 bits per heavy atom. The number of ether oxygens (including phenoxy) is 1. The highest BCUT2D eigenvalue weighted by Gasteiger charge is 2.21. The van der Waals surface area contributed by atoms with E-state index in [9.17, 15) is 13.2 Å². The lowest BCUT2D eigenvalue weighted by Gasteiger charge is -2.18. The Morgan fingerprint density at radius 1 is 1.16 bits per heavy atom. The van der Waals surface area contributed by atoms with Gasteiger partial charge in [0.1, 0.15) is 0 Å². The molecule has 0 spiro atoms. The maximum atomic E-state index is 12.9. The normalized spacial score (nSPS) is 12.8. The molecule has 1 aromatic heterocycles. The summed E-state index contributed by atoms with van der Waals surface area (Å²) in [7, 11) is -1.97. The van der Waals surface area contributed by atoms with Crippen LogP contribution in [-0.4, -0.2) is 50.0 Å². The van der Waals surface area contributed by atoms with Crippen LogP contribution in [0.3, 0.4) is 0 Å². The molecule has 0 saturated carbocycles. The van der Waals surface area contributed by atoms with E-state index in [2.05, 4.69) is 4.99 Å². The van der Waals surface area contributed by atoms with Gasteiger partial charge >= 0.3 is 0 Å². The third-order valence-corrected chi connectivity index (χ3v) is 8.71. The fourth-order valence-electron chi connectivity index (χ4n) is 3.42. The predicted molar refractivity (Wildman–Crippen MR) is 128 cm³/mol. The van der Waals surface area contributed by atoms with Crippen LogP contribution in [-0.2, 0) is 21.3 Å². The lowest BCUT2D eigenvalue weighted by atomic mass is 10.2. The molecule has 7 nitrogen and oxygen atoms in total. The van der Waals surface area contributed by atoms with E-state index in [1.54, 1.807) is 21.0 Å². The van der Waals surface area contributed by atoms with Gasteiger partial charge in [-0.25, -0.2) is 8.42 Å². The van der Waals surface area contributed by atoms with Crippen molar-refractivity contribution in [3.63, 3.8) is 0 Å². The lowest BCUT2D eigenvalue weighted by Crippen LogP contribution is -2.30. The zero-order valence-corrected chi connectivity index (χ0v) is 20.9. The van der Waals surface area contributed by atoms with Gasteiger partial charge in [-0.2, -0.15) is 9.30 Å². The molecule has 0 bridgehead atoms. The van der Waals surface area contributed by atoms with Crippen LogP contribution in [0.15, 0.2) is 46.3 Å². The summed E-state index contributed by atoms with van der Waals surface area (Å²) in [4.78, 5) is 17.9. The van der Waals surface area contributed by atoms with Crippen LogP contribution in [0.4, 0.5) is 0 Å². The third-order valence-electron chi connectivity index (χ3n) is 5.19. The first kappa shape index (κ1) is 24.6. The van der Waals surface area contributed by atoms with Crippen molar-refractivity contribution in [1.29, 1.82) is 0 Å². The minimum absolute atomic E-state index is 0.153. The van der Waals surface area contributed by atoms with E-state index in [4.69, 9.17) is 16.3 Å². The summed E-state index contributed by atoms with van der Waals surface area (Å²) in [5.74, 6) is -0.446. The molecule has 172 valence electrons. The van der Waals surface area contributed by atoms with E-state index in [0.717, 1.165) is 15.8 Å². The molecule has 0 aliphatic heterocycles. The van der Waals surface area contributed by atoms with E-state index >= 15 is 0 Å². The Hall–Kier alpha value is -2.04. The van der Waals surface area contributed by atoms with E-state index in [1.807, 2.05) is 23.6 Å². The van der Waals surface area contributed by atoms with Gasteiger partial charge < -0.3 is 9.30 Å². The van der Waals surface area contributed by atoms with Gasteiger partial charge in [0.05, 0.1) is 21.7 Å². The number of thiazole rings is 1. The molecule has 3 rings (SSSR count). The van der Waals surface area contributed by atoms with Gasteiger partial charge in [0.2, 0.25) is 10.0 Å². The van der Waals surface area contributed by atoms with E-state index in [1.165, 1.54) is 39.9 Å². The minimum atomic E-state index is -3.58. The number of fused-ring (bicyclic) bond motifs is 1. The highest BCUT2D eigenvalue weighted by Crippen LogP contribution is 2.27. The number of carbonyl (C=O) groups is 1. The quantitative estimate of drug-likeness (QED) is 0.471. The Bertz CT molecular complexity index is 1290. The zero-order chi connectivity index (χ0) is 23.5. The SMILES string of the molecule is CCN(CC)S(=O)(=O)c1ccc(C(=O)N=c2sc3ccc(Cl)c(C)c3n2CCOC)cc1. The van der Waals surface area contributed by atoms with Crippen molar-refractivity contribution < 1.29 is 17.9 Å². The van der Waals surface area contributed by atoms with Gasteiger partial charge in [-0.1, -0.05) is 36.8 Å². The number of nitrogens with zero attached hydrogens (tertiary/aromatic N) is 3. The Morgan fingerprint density at radius 2 is 1.81 bits per heavy atom. The summed E-state index contributed by atoms with van der Waals surface area (Å²) < 4.78 is 34.8. The second-order valence-electron chi connectivity index (χ2n) is 7.08. The highest BCUT2D eigenvalue weighted by atomic mass is 35.5. The van der Waals surface area contributed by atoms with E-state index in [0.29, 0.717) is 41.6 Å². The molecule has 32 heavy (non-hydrogen) atoms. The van der Waals surface area contributed by atoms with Crippen molar-refractivity contribution in [2.75, 3.05) is 26.8 Å². The molecule has 2 aromatic carbocycles. The summed E-state index contributed by atoms with van der Waals surface area (Å²) in [6, 6.07) is 9.63. The van der Waals surface area contributed by atoms with Gasteiger partial charge in [-0.3, -0.25) is 4.79 Å². The zero-order valence-electron chi connectivity index (χ0n) is 18.5. The van der Waals surface area contributed by atoms with E-state index in [-0.39, 0.29) is 4.90 Å². The second-order valence-corrected chi connectivity index (χ2v) is 10.4. The Balaban J connectivity index is 2.02. The fraction of sp³-hybridized carbons (Fsp3) is 0.364. The Kier molecular flexibility index (Phi) is 7.89. The van der Waals surface area contributed by atoms with Crippen LogP contribution in [0.25, 0.3) is 10.2 Å². The molecule has 0 aliphatic rings. The van der Waals surface area contributed by atoms with Crippen molar-refractivity contribution >= 4 is 49.1 Å².